The van der Waals surface area contributed by atoms with Gasteiger partial charge in [0.2, 0.25) is 5.95 Å². The van der Waals surface area contributed by atoms with E-state index in [1.54, 1.807) is 7.11 Å². The van der Waals surface area contributed by atoms with E-state index in [1.165, 1.54) is 5.56 Å². The van der Waals surface area contributed by atoms with E-state index in [-0.39, 0.29) is 0 Å². The van der Waals surface area contributed by atoms with E-state index in [2.05, 4.69) is 53.3 Å². The van der Waals surface area contributed by atoms with Crippen molar-refractivity contribution in [3.63, 3.8) is 0 Å². The maximum absolute atomic E-state index is 5.20. The predicted octanol–water partition coefficient (Wildman–Crippen LogP) is 4.87. The number of methoxy groups -OCH3 is 1. The quantitative estimate of drug-likeness (QED) is 0.650. The smallest absolute Gasteiger partial charge is 0.225 e. The molecular weight excluding hydrogens is 336 g/mol. The van der Waals surface area contributed by atoms with Gasteiger partial charge in [0.15, 0.2) is 0 Å². The van der Waals surface area contributed by atoms with E-state index < -0.39 is 0 Å². The lowest BCUT2D eigenvalue weighted by Gasteiger charge is -2.23. The van der Waals surface area contributed by atoms with E-state index in [9.17, 15) is 0 Å². The van der Waals surface area contributed by atoms with Gasteiger partial charge in [0.1, 0.15) is 11.6 Å². The van der Waals surface area contributed by atoms with Crippen molar-refractivity contribution in [3.05, 3.63) is 71.4 Å². The molecule has 0 saturated heterocycles. The van der Waals surface area contributed by atoms with Crippen molar-refractivity contribution >= 4 is 17.5 Å². The van der Waals surface area contributed by atoms with Crippen molar-refractivity contribution in [2.75, 3.05) is 23.9 Å². The van der Waals surface area contributed by atoms with Crippen LogP contribution in [0.25, 0.3) is 0 Å². The Bertz CT molecular complexity index is 893. The third-order valence-corrected chi connectivity index (χ3v) is 4.36. The summed E-state index contributed by atoms with van der Waals surface area (Å²) in [4.78, 5) is 11.5. The van der Waals surface area contributed by atoms with Crippen LogP contribution in [0.5, 0.6) is 5.75 Å². The van der Waals surface area contributed by atoms with Crippen molar-refractivity contribution in [1.82, 2.24) is 9.97 Å². The summed E-state index contributed by atoms with van der Waals surface area (Å²) >= 11 is 0. The van der Waals surface area contributed by atoms with Gasteiger partial charge in [-0.05, 0) is 56.2 Å². The number of benzene rings is 2. The Kier molecular flexibility index (Phi) is 5.91. The number of hydrogen-bond acceptors (Lipinski definition) is 5. The molecule has 0 atom stereocenters. The molecular formula is C22H26N4O. The number of nitrogens with one attached hydrogen (secondary N) is 1. The van der Waals surface area contributed by atoms with Crippen molar-refractivity contribution in [2.24, 2.45) is 0 Å². The minimum atomic E-state index is 0.631. The number of aromatic nitrogens is 2. The summed E-state index contributed by atoms with van der Waals surface area (Å²) in [6.07, 6.45) is 0. The van der Waals surface area contributed by atoms with Gasteiger partial charge in [-0.15, -0.1) is 0 Å². The average molecular weight is 362 g/mol. The minimum absolute atomic E-state index is 0.631. The van der Waals surface area contributed by atoms with Gasteiger partial charge in [-0.3, -0.25) is 0 Å². The molecule has 0 aliphatic heterocycles. The predicted molar refractivity (Wildman–Crippen MR) is 111 cm³/mol. The molecule has 5 nitrogen and oxygen atoms in total. The topological polar surface area (TPSA) is 50.3 Å². The molecule has 0 aliphatic carbocycles. The largest absolute Gasteiger partial charge is 0.497 e. The lowest BCUT2D eigenvalue weighted by molar-refractivity contribution is 0.414. The summed E-state index contributed by atoms with van der Waals surface area (Å²) in [6, 6.07) is 18.5. The lowest BCUT2D eigenvalue weighted by atomic mass is 10.2. The van der Waals surface area contributed by atoms with Crippen molar-refractivity contribution in [1.29, 1.82) is 0 Å². The van der Waals surface area contributed by atoms with Crippen LogP contribution in [-0.4, -0.2) is 23.6 Å². The van der Waals surface area contributed by atoms with Crippen LogP contribution in [0.4, 0.5) is 17.5 Å². The van der Waals surface area contributed by atoms with Crippen LogP contribution in [0.3, 0.4) is 0 Å². The zero-order chi connectivity index (χ0) is 19.2. The fraction of sp³-hybridized carbons (Fsp3) is 0.273. The summed E-state index contributed by atoms with van der Waals surface area (Å²) in [7, 11) is 1.67. The highest BCUT2D eigenvalue weighted by atomic mass is 16.5. The Balaban J connectivity index is 1.80. The monoisotopic (exact) mass is 362 g/mol. The Morgan fingerprint density at radius 2 is 1.78 bits per heavy atom. The number of aryl methyl sites for hydroxylation is 2. The second kappa shape index (κ2) is 8.54. The third kappa shape index (κ3) is 4.76. The molecule has 0 radical (unpaired) electrons. The van der Waals surface area contributed by atoms with Gasteiger partial charge in [0, 0.05) is 30.5 Å². The first-order valence-corrected chi connectivity index (χ1v) is 9.15. The summed E-state index contributed by atoms with van der Waals surface area (Å²) in [5.74, 6) is 2.38. The molecule has 3 aromatic rings. The molecule has 0 spiro atoms. The SMILES string of the molecule is CCN(c1cccc(C)c1)c1cc(C)nc(NCc2ccc(OC)cc2)n1. The Morgan fingerprint density at radius 1 is 1.00 bits per heavy atom. The second-order valence-electron chi connectivity index (χ2n) is 6.48. The first-order valence-electron chi connectivity index (χ1n) is 9.15. The van der Waals surface area contributed by atoms with E-state index in [1.807, 2.05) is 37.3 Å². The highest BCUT2D eigenvalue weighted by Crippen LogP contribution is 2.25. The van der Waals surface area contributed by atoms with Crippen LogP contribution < -0.4 is 15.0 Å². The highest BCUT2D eigenvalue weighted by molar-refractivity contribution is 5.61. The maximum atomic E-state index is 5.20. The normalized spacial score (nSPS) is 10.5. The van der Waals surface area contributed by atoms with Crippen molar-refractivity contribution < 1.29 is 4.74 Å². The fourth-order valence-electron chi connectivity index (χ4n) is 2.97. The van der Waals surface area contributed by atoms with Gasteiger partial charge < -0.3 is 15.0 Å². The summed E-state index contributed by atoms with van der Waals surface area (Å²) in [6.45, 7) is 7.71. The summed E-state index contributed by atoms with van der Waals surface area (Å²) in [5, 5.41) is 3.33. The Hall–Kier alpha value is -3.08. The number of hydrogen-bond donors (Lipinski definition) is 1. The number of rotatable bonds is 7. The van der Waals surface area contributed by atoms with Gasteiger partial charge >= 0.3 is 0 Å². The first-order chi connectivity index (χ1) is 13.1. The average Bonchev–Trinajstić information content (AvgIpc) is 2.67. The van der Waals surface area contributed by atoms with Gasteiger partial charge in [0.25, 0.3) is 0 Å². The number of ether oxygens (including phenoxy) is 1. The molecule has 0 amide bonds. The maximum Gasteiger partial charge on any atom is 0.225 e. The van der Waals surface area contributed by atoms with Gasteiger partial charge in [-0.2, -0.15) is 4.98 Å². The van der Waals surface area contributed by atoms with E-state index in [0.717, 1.165) is 35.1 Å². The molecule has 1 aromatic heterocycles. The zero-order valence-corrected chi connectivity index (χ0v) is 16.4. The molecule has 0 unspecified atom stereocenters. The van der Waals surface area contributed by atoms with E-state index in [4.69, 9.17) is 9.72 Å². The van der Waals surface area contributed by atoms with Crippen LogP contribution in [0, 0.1) is 13.8 Å². The van der Waals surface area contributed by atoms with E-state index in [0.29, 0.717) is 12.5 Å². The molecule has 140 valence electrons. The van der Waals surface area contributed by atoms with Gasteiger partial charge in [-0.1, -0.05) is 24.3 Å². The summed E-state index contributed by atoms with van der Waals surface area (Å²) < 4.78 is 5.20. The van der Waals surface area contributed by atoms with Crippen LogP contribution in [-0.2, 0) is 6.54 Å². The third-order valence-electron chi connectivity index (χ3n) is 4.36. The Labute approximate surface area is 161 Å². The van der Waals surface area contributed by atoms with Gasteiger partial charge in [0.05, 0.1) is 7.11 Å². The van der Waals surface area contributed by atoms with Crippen LogP contribution >= 0.6 is 0 Å². The molecule has 0 bridgehead atoms. The number of nitrogens with zero attached hydrogens (tertiary/aromatic N) is 3. The zero-order valence-electron chi connectivity index (χ0n) is 16.4. The lowest BCUT2D eigenvalue weighted by Crippen LogP contribution is -2.19. The first kappa shape index (κ1) is 18.7. The molecule has 27 heavy (non-hydrogen) atoms. The van der Waals surface area contributed by atoms with Crippen molar-refractivity contribution in [3.8, 4) is 5.75 Å². The van der Waals surface area contributed by atoms with Gasteiger partial charge in [-0.25, -0.2) is 4.98 Å². The standard InChI is InChI=1S/C22H26N4O/c1-5-26(19-8-6-7-16(2)13-19)21-14-17(3)24-22(25-21)23-15-18-9-11-20(27-4)12-10-18/h6-14H,5,15H2,1-4H3,(H,23,24,25). The van der Waals surface area contributed by atoms with Crippen LogP contribution in [0.1, 0.15) is 23.7 Å². The minimum Gasteiger partial charge on any atom is -0.497 e. The van der Waals surface area contributed by atoms with Crippen molar-refractivity contribution in [2.45, 2.75) is 27.3 Å². The molecule has 5 heteroatoms. The molecule has 0 aliphatic rings. The molecule has 1 heterocycles. The van der Waals surface area contributed by atoms with Crippen LogP contribution in [0.15, 0.2) is 54.6 Å². The second-order valence-corrected chi connectivity index (χ2v) is 6.48. The molecule has 0 fully saturated rings. The molecule has 0 saturated carbocycles. The molecule has 3 rings (SSSR count). The highest BCUT2D eigenvalue weighted by Gasteiger charge is 2.11. The summed E-state index contributed by atoms with van der Waals surface area (Å²) in [5.41, 5.74) is 4.45. The molecule has 1 N–H and O–H groups in total. The Morgan fingerprint density at radius 3 is 2.44 bits per heavy atom. The fourth-order valence-corrected chi connectivity index (χ4v) is 2.97. The number of anilines is 3. The van der Waals surface area contributed by atoms with Crippen LogP contribution in [0.2, 0.25) is 0 Å². The molecule has 2 aromatic carbocycles. The van der Waals surface area contributed by atoms with E-state index >= 15 is 0 Å².